The van der Waals surface area contributed by atoms with E-state index in [0.29, 0.717) is 0 Å². The molecule has 1 aromatic carbocycles. The first kappa shape index (κ1) is 15.2. The van der Waals surface area contributed by atoms with Crippen LogP contribution in [0.1, 0.15) is 57.7 Å². The quantitative estimate of drug-likeness (QED) is 0.778. The maximum Gasteiger partial charge on any atom is 0.128 e. The van der Waals surface area contributed by atoms with Gasteiger partial charge in [-0.2, -0.15) is 0 Å². The fourth-order valence-electron chi connectivity index (χ4n) is 2.18. The highest BCUT2D eigenvalue weighted by atomic mass is 19.1. The Morgan fingerprint density at radius 3 is 2.50 bits per heavy atom. The second-order valence-electron chi connectivity index (χ2n) is 5.75. The average molecular weight is 251 g/mol. The highest BCUT2D eigenvalue weighted by molar-refractivity contribution is 5.28. The summed E-state index contributed by atoms with van der Waals surface area (Å²) < 4.78 is 14.1. The predicted molar refractivity (Wildman–Crippen MR) is 76.2 cm³/mol. The van der Waals surface area contributed by atoms with Gasteiger partial charge in [-0.1, -0.05) is 45.4 Å². The summed E-state index contributed by atoms with van der Waals surface area (Å²) in [5.74, 6) is -0.101. The smallest absolute Gasteiger partial charge is 0.128 e. The molecule has 0 aliphatic carbocycles. The first-order valence-electron chi connectivity index (χ1n) is 6.91. The highest BCUT2D eigenvalue weighted by Gasteiger charge is 2.30. The molecule has 2 heteroatoms. The second kappa shape index (κ2) is 6.33. The van der Waals surface area contributed by atoms with Gasteiger partial charge < -0.3 is 5.32 Å². The van der Waals surface area contributed by atoms with E-state index < -0.39 is 0 Å². The zero-order chi connectivity index (χ0) is 13.8. The predicted octanol–water partition coefficient (Wildman–Crippen LogP) is 4.61. The van der Waals surface area contributed by atoms with Crippen molar-refractivity contribution in [1.29, 1.82) is 0 Å². The van der Waals surface area contributed by atoms with Crippen molar-refractivity contribution in [1.82, 2.24) is 5.32 Å². The van der Waals surface area contributed by atoms with E-state index in [4.69, 9.17) is 0 Å². The maximum atomic E-state index is 14.1. The molecule has 0 fully saturated rings. The first-order chi connectivity index (χ1) is 8.42. The summed E-state index contributed by atoms with van der Waals surface area (Å²) in [7, 11) is 0. The lowest BCUT2D eigenvalue weighted by atomic mass is 9.78. The number of halogens is 1. The summed E-state index contributed by atoms with van der Waals surface area (Å²) in [5.41, 5.74) is 1.96. The summed E-state index contributed by atoms with van der Waals surface area (Å²) in [6.45, 7) is 11.6. The molecule has 0 bridgehead atoms. The largest absolute Gasteiger partial charge is 0.309 e. The Kier molecular flexibility index (Phi) is 5.33. The lowest BCUT2D eigenvalue weighted by molar-refractivity contribution is 0.229. The maximum absolute atomic E-state index is 14.1. The van der Waals surface area contributed by atoms with Gasteiger partial charge in [0.15, 0.2) is 0 Å². The first-order valence-corrected chi connectivity index (χ1v) is 6.91. The standard InChI is InChI=1S/C16H26FN/c1-6-10-18-15(16(4,5)7-2)13-11-12(3)8-9-14(13)17/h8-9,11,15,18H,6-7,10H2,1-5H3. The number of nitrogens with one attached hydrogen (secondary N) is 1. The molecule has 0 saturated carbocycles. The molecule has 0 aliphatic rings. The van der Waals surface area contributed by atoms with E-state index in [1.165, 1.54) is 0 Å². The van der Waals surface area contributed by atoms with Gasteiger partial charge in [0.2, 0.25) is 0 Å². The van der Waals surface area contributed by atoms with Crippen molar-refractivity contribution < 1.29 is 4.39 Å². The van der Waals surface area contributed by atoms with Crippen molar-refractivity contribution in [3.63, 3.8) is 0 Å². The molecule has 1 atom stereocenters. The molecule has 1 N–H and O–H groups in total. The second-order valence-corrected chi connectivity index (χ2v) is 5.75. The minimum absolute atomic E-state index is 0.0454. The number of hydrogen-bond donors (Lipinski definition) is 1. The lowest BCUT2D eigenvalue weighted by Gasteiger charge is -2.35. The fourth-order valence-corrected chi connectivity index (χ4v) is 2.18. The third-order valence-electron chi connectivity index (χ3n) is 3.75. The van der Waals surface area contributed by atoms with Gasteiger partial charge in [0.1, 0.15) is 5.82 Å². The summed E-state index contributed by atoms with van der Waals surface area (Å²) in [6.07, 6.45) is 2.07. The molecule has 0 amide bonds. The van der Waals surface area contributed by atoms with Crippen LogP contribution in [0.4, 0.5) is 4.39 Å². The van der Waals surface area contributed by atoms with Gasteiger partial charge in [0.05, 0.1) is 0 Å². The van der Waals surface area contributed by atoms with Crippen LogP contribution in [0.3, 0.4) is 0 Å². The van der Waals surface area contributed by atoms with Gasteiger partial charge in [-0.05, 0) is 37.8 Å². The minimum Gasteiger partial charge on any atom is -0.309 e. The fraction of sp³-hybridized carbons (Fsp3) is 0.625. The Bertz CT molecular complexity index is 385. The van der Waals surface area contributed by atoms with Crippen LogP contribution >= 0.6 is 0 Å². The lowest BCUT2D eigenvalue weighted by Crippen LogP contribution is -2.35. The molecule has 0 saturated heterocycles. The van der Waals surface area contributed by atoms with Crippen LogP contribution < -0.4 is 5.32 Å². The van der Waals surface area contributed by atoms with Gasteiger partial charge in [-0.15, -0.1) is 0 Å². The van der Waals surface area contributed by atoms with Crippen LogP contribution in [0.25, 0.3) is 0 Å². The van der Waals surface area contributed by atoms with Gasteiger partial charge in [0, 0.05) is 11.6 Å². The van der Waals surface area contributed by atoms with E-state index in [1.807, 2.05) is 19.1 Å². The van der Waals surface area contributed by atoms with Crippen molar-refractivity contribution >= 4 is 0 Å². The van der Waals surface area contributed by atoms with Crippen molar-refractivity contribution in [2.75, 3.05) is 6.54 Å². The zero-order valence-electron chi connectivity index (χ0n) is 12.3. The molecule has 18 heavy (non-hydrogen) atoms. The molecule has 1 unspecified atom stereocenters. The van der Waals surface area contributed by atoms with Crippen LogP contribution in [0.5, 0.6) is 0 Å². The third kappa shape index (κ3) is 3.55. The monoisotopic (exact) mass is 251 g/mol. The van der Waals surface area contributed by atoms with Crippen molar-refractivity contribution in [3.05, 3.63) is 35.1 Å². The van der Waals surface area contributed by atoms with Crippen LogP contribution in [-0.4, -0.2) is 6.54 Å². The number of benzene rings is 1. The van der Waals surface area contributed by atoms with Gasteiger partial charge in [-0.25, -0.2) is 4.39 Å². The van der Waals surface area contributed by atoms with Crippen LogP contribution in [-0.2, 0) is 0 Å². The van der Waals surface area contributed by atoms with Crippen molar-refractivity contribution in [3.8, 4) is 0 Å². The van der Waals surface area contributed by atoms with Gasteiger partial charge in [0.25, 0.3) is 0 Å². The molecule has 0 aromatic heterocycles. The molecule has 102 valence electrons. The average Bonchev–Trinajstić information content (AvgIpc) is 2.33. The molecule has 0 heterocycles. The molecule has 1 aromatic rings. The summed E-state index contributed by atoms with van der Waals surface area (Å²) in [6, 6.07) is 5.45. The normalized spacial score (nSPS) is 13.7. The summed E-state index contributed by atoms with van der Waals surface area (Å²) in [4.78, 5) is 0. The van der Waals surface area contributed by atoms with Crippen LogP contribution in [0, 0.1) is 18.2 Å². The van der Waals surface area contributed by atoms with E-state index in [9.17, 15) is 4.39 Å². The van der Waals surface area contributed by atoms with E-state index in [-0.39, 0.29) is 17.3 Å². The topological polar surface area (TPSA) is 12.0 Å². The minimum atomic E-state index is -0.101. The van der Waals surface area contributed by atoms with Crippen LogP contribution in [0.2, 0.25) is 0 Å². The summed E-state index contributed by atoms with van der Waals surface area (Å²) >= 11 is 0. The Hall–Kier alpha value is -0.890. The van der Waals surface area contributed by atoms with E-state index in [1.54, 1.807) is 6.07 Å². The molecule has 0 radical (unpaired) electrons. The van der Waals surface area contributed by atoms with Gasteiger partial charge in [-0.3, -0.25) is 0 Å². The molecular weight excluding hydrogens is 225 g/mol. The Balaban J connectivity index is 3.12. The Labute approximate surface area is 111 Å². The van der Waals surface area contributed by atoms with E-state index >= 15 is 0 Å². The van der Waals surface area contributed by atoms with Crippen molar-refractivity contribution in [2.45, 2.75) is 53.5 Å². The molecule has 0 spiro atoms. The molecular formula is C16H26FN. The van der Waals surface area contributed by atoms with Crippen molar-refractivity contribution in [2.24, 2.45) is 5.41 Å². The molecule has 1 rings (SSSR count). The number of aryl methyl sites for hydroxylation is 1. The van der Waals surface area contributed by atoms with E-state index in [0.717, 1.165) is 30.5 Å². The highest BCUT2D eigenvalue weighted by Crippen LogP contribution is 2.37. The summed E-state index contributed by atoms with van der Waals surface area (Å²) in [5, 5.41) is 3.50. The number of hydrogen-bond acceptors (Lipinski definition) is 1. The molecule has 0 aliphatic heterocycles. The SMILES string of the molecule is CCCNC(c1cc(C)ccc1F)C(C)(C)CC. The molecule has 1 nitrogen and oxygen atoms in total. The Morgan fingerprint density at radius 1 is 1.28 bits per heavy atom. The van der Waals surface area contributed by atoms with Crippen LogP contribution in [0.15, 0.2) is 18.2 Å². The van der Waals surface area contributed by atoms with Gasteiger partial charge >= 0.3 is 0 Å². The van der Waals surface area contributed by atoms with E-state index in [2.05, 4.69) is 33.0 Å². The third-order valence-corrected chi connectivity index (χ3v) is 3.75. The number of rotatable bonds is 6. The Morgan fingerprint density at radius 2 is 1.94 bits per heavy atom. The zero-order valence-corrected chi connectivity index (χ0v) is 12.3.